The molecule has 0 saturated carbocycles. The number of rotatable bonds is 7. The zero-order chi connectivity index (χ0) is 22.4. The summed E-state index contributed by atoms with van der Waals surface area (Å²) in [4.78, 5) is 15.6. The lowest BCUT2D eigenvalue weighted by Gasteiger charge is -2.38. The summed E-state index contributed by atoms with van der Waals surface area (Å²) in [5.41, 5.74) is 1.93. The molecule has 0 radical (unpaired) electrons. The van der Waals surface area contributed by atoms with Gasteiger partial charge in [0.2, 0.25) is 15.9 Å². The van der Waals surface area contributed by atoms with Crippen LogP contribution in [0.4, 0.5) is 0 Å². The number of piperazine rings is 1. The molecule has 1 fully saturated rings. The van der Waals surface area contributed by atoms with Gasteiger partial charge in [-0.2, -0.15) is 4.31 Å². The molecule has 6 nitrogen and oxygen atoms in total. The van der Waals surface area contributed by atoms with Gasteiger partial charge in [-0.1, -0.05) is 78.9 Å². The minimum absolute atomic E-state index is 0.0839. The van der Waals surface area contributed by atoms with Gasteiger partial charge in [-0.05, 0) is 23.3 Å². The minimum Gasteiger partial charge on any atom is -0.350 e. The lowest BCUT2D eigenvalue weighted by Crippen LogP contribution is -2.52. The Morgan fingerprint density at radius 2 is 1.31 bits per heavy atom. The summed E-state index contributed by atoms with van der Waals surface area (Å²) in [5.74, 6) is -0.0839. The van der Waals surface area contributed by atoms with Crippen LogP contribution in [-0.4, -0.2) is 49.7 Å². The zero-order valence-corrected chi connectivity index (χ0v) is 18.6. The van der Waals surface area contributed by atoms with Crippen LogP contribution in [0.15, 0.2) is 95.9 Å². The van der Waals surface area contributed by atoms with Gasteiger partial charge >= 0.3 is 0 Å². The van der Waals surface area contributed by atoms with Crippen LogP contribution in [0.1, 0.15) is 17.2 Å². The van der Waals surface area contributed by atoms with E-state index in [0.717, 1.165) is 11.1 Å². The van der Waals surface area contributed by atoms with Crippen LogP contribution in [0.25, 0.3) is 0 Å². The van der Waals surface area contributed by atoms with Crippen molar-refractivity contribution in [1.29, 1.82) is 0 Å². The van der Waals surface area contributed by atoms with Crippen molar-refractivity contribution < 1.29 is 13.2 Å². The number of amides is 1. The topological polar surface area (TPSA) is 69.7 Å². The molecule has 1 N–H and O–H groups in total. The van der Waals surface area contributed by atoms with Gasteiger partial charge in [-0.25, -0.2) is 8.42 Å². The van der Waals surface area contributed by atoms with Crippen molar-refractivity contribution in [2.45, 2.75) is 17.5 Å². The molecule has 32 heavy (non-hydrogen) atoms. The van der Waals surface area contributed by atoms with Crippen molar-refractivity contribution in [3.8, 4) is 0 Å². The number of carbonyl (C=O) groups excluding carboxylic acids is 1. The molecule has 1 aliphatic rings. The lowest BCUT2D eigenvalue weighted by molar-refractivity contribution is -0.127. The van der Waals surface area contributed by atoms with Crippen LogP contribution in [0, 0.1) is 0 Å². The third kappa shape index (κ3) is 5.07. The molecule has 0 aromatic heterocycles. The molecular weight excluding hydrogens is 422 g/mol. The van der Waals surface area contributed by atoms with Gasteiger partial charge in [0, 0.05) is 32.7 Å². The highest BCUT2D eigenvalue weighted by Crippen LogP contribution is 2.25. The molecule has 1 aliphatic heterocycles. The molecule has 1 amide bonds. The predicted molar refractivity (Wildman–Crippen MR) is 124 cm³/mol. The molecule has 4 rings (SSSR count). The SMILES string of the molecule is O=C(NCc1ccccc1)[C@@H](c1ccccc1)N1CCN(S(=O)(=O)c2ccccc2)CC1. The smallest absolute Gasteiger partial charge is 0.243 e. The van der Waals surface area contributed by atoms with Crippen LogP contribution >= 0.6 is 0 Å². The van der Waals surface area contributed by atoms with E-state index < -0.39 is 16.1 Å². The Morgan fingerprint density at radius 3 is 1.91 bits per heavy atom. The molecule has 1 heterocycles. The van der Waals surface area contributed by atoms with Gasteiger partial charge in [-0.3, -0.25) is 9.69 Å². The summed E-state index contributed by atoms with van der Waals surface area (Å²) < 4.78 is 27.4. The van der Waals surface area contributed by atoms with E-state index >= 15 is 0 Å². The van der Waals surface area contributed by atoms with Crippen LogP contribution in [0.2, 0.25) is 0 Å². The largest absolute Gasteiger partial charge is 0.350 e. The molecule has 0 bridgehead atoms. The highest BCUT2D eigenvalue weighted by atomic mass is 32.2. The third-order valence-corrected chi connectivity index (χ3v) is 7.61. The van der Waals surface area contributed by atoms with Gasteiger partial charge in [-0.15, -0.1) is 0 Å². The van der Waals surface area contributed by atoms with E-state index in [0.29, 0.717) is 37.6 Å². The number of nitrogens with one attached hydrogen (secondary N) is 1. The molecule has 3 aromatic carbocycles. The maximum atomic E-state index is 13.2. The van der Waals surface area contributed by atoms with Crippen molar-refractivity contribution in [1.82, 2.24) is 14.5 Å². The molecule has 1 atom stereocenters. The zero-order valence-electron chi connectivity index (χ0n) is 17.8. The fourth-order valence-corrected chi connectivity index (χ4v) is 5.43. The molecule has 0 aliphatic carbocycles. The number of carbonyl (C=O) groups is 1. The summed E-state index contributed by atoms with van der Waals surface area (Å²) in [5, 5.41) is 3.05. The molecule has 0 unspecified atom stereocenters. The van der Waals surface area contributed by atoms with E-state index in [9.17, 15) is 13.2 Å². The van der Waals surface area contributed by atoms with Crippen molar-refractivity contribution in [2.24, 2.45) is 0 Å². The monoisotopic (exact) mass is 449 g/mol. The minimum atomic E-state index is -3.54. The van der Waals surface area contributed by atoms with Gasteiger partial charge in [0.1, 0.15) is 6.04 Å². The average molecular weight is 450 g/mol. The molecule has 166 valence electrons. The fourth-order valence-electron chi connectivity index (χ4n) is 3.99. The number of hydrogen-bond donors (Lipinski definition) is 1. The molecule has 1 saturated heterocycles. The first-order valence-corrected chi connectivity index (χ1v) is 12.2. The second-order valence-corrected chi connectivity index (χ2v) is 9.71. The van der Waals surface area contributed by atoms with Crippen LogP contribution in [0.5, 0.6) is 0 Å². The Bertz CT molecular complexity index is 1110. The Balaban J connectivity index is 1.47. The van der Waals surface area contributed by atoms with E-state index in [4.69, 9.17) is 0 Å². The van der Waals surface area contributed by atoms with Crippen molar-refractivity contribution in [3.63, 3.8) is 0 Å². The molecule has 3 aromatic rings. The number of benzene rings is 3. The summed E-state index contributed by atoms with van der Waals surface area (Å²) in [6.45, 7) is 2.08. The molecule has 0 spiro atoms. The first-order chi connectivity index (χ1) is 15.6. The Hall–Kier alpha value is -3.00. The van der Waals surface area contributed by atoms with E-state index in [1.165, 1.54) is 4.31 Å². The van der Waals surface area contributed by atoms with E-state index in [-0.39, 0.29) is 5.91 Å². The predicted octanol–water partition coefficient (Wildman–Crippen LogP) is 3.05. The van der Waals surface area contributed by atoms with Gasteiger partial charge in [0.15, 0.2) is 0 Å². The Kier molecular flexibility index (Phi) is 6.99. The second-order valence-electron chi connectivity index (χ2n) is 7.77. The number of nitrogens with zero attached hydrogens (tertiary/aromatic N) is 2. The third-order valence-electron chi connectivity index (χ3n) is 5.69. The summed E-state index contributed by atoms with van der Waals surface area (Å²) >= 11 is 0. The van der Waals surface area contributed by atoms with E-state index in [1.807, 2.05) is 60.7 Å². The van der Waals surface area contributed by atoms with Crippen molar-refractivity contribution in [2.75, 3.05) is 26.2 Å². The normalized spacial score (nSPS) is 16.4. The van der Waals surface area contributed by atoms with Crippen LogP contribution in [0.3, 0.4) is 0 Å². The van der Waals surface area contributed by atoms with Gasteiger partial charge in [0.05, 0.1) is 4.90 Å². The molecular formula is C25H27N3O3S. The number of sulfonamides is 1. The Morgan fingerprint density at radius 1 is 0.781 bits per heavy atom. The highest BCUT2D eigenvalue weighted by Gasteiger charge is 2.34. The highest BCUT2D eigenvalue weighted by molar-refractivity contribution is 7.89. The quantitative estimate of drug-likeness (QED) is 0.602. The summed E-state index contributed by atoms with van der Waals surface area (Å²) in [7, 11) is -3.54. The maximum Gasteiger partial charge on any atom is 0.243 e. The fraction of sp³-hybridized carbons (Fsp3) is 0.240. The van der Waals surface area contributed by atoms with Crippen LogP contribution < -0.4 is 5.32 Å². The summed E-state index contributed by atoms with van der Waals surface area (Å²) in [6, 6.07) is 27.5. The maximum absolute atomic E-state index is 13.2. The average Bonchev–Trinajstić information content (AvgIpc) is 2.85. The van der Waals surface area contributed by atoms with Crippen LogP contribution in [-0.2, 0) is 21.4 Å². The molecule has 7 heteroatoms. The standard InChI is InChI=1S/C25H27N3O3S/c29-25(26-20-21-10-4-1-5-11-21)24(22-12-6-2-7-13-22)27-16-18-28(19-17-27)32(30,31)23-14-8-3-9-15-23/h1-15,24H,16-20H2,(H,26,29)/t24-/m1/s1. The van der Waals surface area contributed by atoms with Crippen molar-refractivity contribution in [3.05, 3.63) is 102 Å². The lowest BCUT2D eigenvalue weighted by atomic mass is 10.0. The van der Waals surface area contributed by atoms with Crippen molar-refractivity contribution >= 4 is 15.9 Å². The van der Waals surface area contributed by atoms with Gasteiger partial charge < -0.3 is 5.32 Å². The van der Waals surface area contributed by atoms with E-state index in [1.54, 1.807) is 30.3 Å². The van der Waals surface area contributed by atoms with E-state index in [2.05, 4.69) is 10.2 Å². The second kappa shape index (κ2) is 10.1. The summed E-state index contributed by atoms with van der Waals surface area (Å²) in [6.07, 6.45) is 0. The van der Waals surface area contributed by atoms with Gasteiger partial charge in [0.25, 0.3) is 0 Å². The Labute approximate surface area is 189 Å². The first kappa shape index (κ1) is 22.2. The number of hydrogen-bond acceptors (Lipinski definition) is 4. The first-order valence-electron chi connectivity index (χ1n) is 10.7.